The second-order valence-corrected chi connectivity index (χ2v) is 6.43. The minimum Gasteiger partial charge on any atom is -0.326 e. The number of likely N-dealkylation sites (tertiary alicyclic amines) is 1. The van der Waals surface area contributed by atoms with Gasteiger partial charge in [0, 0.05) is 25.3 Å². The fraction of sp³-hybridized carbons (Fsp3) is 0.588. The lowest BCUT2D eigenvalue weighted by Gasteiger charge is -2.38. The van der Waals surface area contributed by atoms with E-state index in [1.807, 2.05) is 31.2 Å². The predicted molar refractivity (Wildman–Crippen MR) is 86.9 cm³/mol. The van der Waals surface area contributed by atoms with E-state index in [-0.39, 0.29) is 11.9 Å². The molecule has 1 aliphatic heterocycles. The summed E-state index contributed by atoms with van der Waals surface area (Å²) in [5, 5.41) is 3.03. The Morgan fingerprint density at radius 1 is 1.33 bits per heavy atom. The summed E-state index contributed by atoms with van der Waals surface area (Å²) in [4.78, 5) is 14.8. The first-order valence-corrected chi connectivity index (χ1v) is 7.84. The number of rotatable bonds is 4. The van der Waals surface area contributed by atoms with E-state index in [1.54, 1.807) is 0 Å². The molecule has 3 unspecified atom stereocenters. The van der Waals surface area contributed by atoms with E-state index in [4.69, 9.17) is 5.73 Å². The number of hydrogen-bond acceptors (Lipinski definition) is 3. The molecule has 1 heterocycles. The highest BCUT2D eigenvalue weighted by atomic mass is 16.2. The molecule has 4 heteroatoms. The number of anilines is 1. The SMILES string of the molecule is CC1CC(C)CN(C(C)C(=O)Nc2ccccc2CN)C1. The van der Waals surface area contributed by atoms with Gasteiger partial charge in [-0.1, -0.05) is 32.0 Å². The molecule has 3 atom stereocenters. The lowest BCUT2D eigenvalue weighted by molar-refractivity contribution is -0.121. The quantitative estimate of drug-likeness (QED) is 0.895. The fourth-order valence-corrected chi connectivity index (χ4v) is 3.25. The minimum atomic E-state index is -0.110. The van der Waals surface area contributed by atoms with E-state index in [1.165, 1.54) is 6.42 Å². The van der Waals surface area contributed by atoms with Gasteiger partial charge in [0.15, 0.2) is 0 Å². The number of carbonyl (C=O) groups is 1. The Kier molecular flexibility index (Phi) is 5.37. The molecule has 116 valence electrons. The van der Waals surface area contributed by atoms with E-state index in [2.05, 4.69) is 24.1 Å². The molecule has 0 aromatic heterocycles. The van der Waals surface area contributed by atoms with Crippen LogP contribution in [0.25, 0.3) is 0 Å². The van der Waals surface area contributed by atoms with Crippen molar-refractivity contribution in [2.24, 2.45) is 17.6 Å². The molecule has 3 N–H and O–H groups in total. The van der Waals surface area contributed by atoms with Crippen molar-refractivity contribution in [3.05, 3.63) is 29.8 Å². The molecule has 2 rings (SSSR count). The van der Waals surface area contributed by atoms with Gasteiger partial charge < -0.3 is 11.1 Å². The Morgan fingerprint density at radius 2 is 1.95 bits per heavy atom. The molecule has 0 spiro atoms. The number of piperidine rings is 1. The van der Waals surface area contributed by atoms with Gasteiger partial charge in [0.1, 0.15) is 0 Å². The van der Waals surface area contributed by atoms with Gasteiger partial charge in [-0.15, -0.1) is 0 Å². The van der Waals surface area contributed by atoms with Crippen molar-refractivity contribution in [3.63, 3.8) is 0 Å². The van der Waals surface area contributed by atoms with Gasteiger partial charge in [0.2, 0.25) is 5.91 Å². The number of nitrogens with two attached hydrogens (primary N) is 1. The molecule has 1 aliphatic rings. The zero-order valence-corrected chi connectivity index (χ0v) is 13.3. The van der Waals surface area contributed by atoms with E-state index in [0.29, 0.717) is 18.4 Å². The summed E-state index contributed by atoms with van der Waals surface area (Å²) < 4.78 is 0. The van der Waals surface area contributed by atoms with Gasteiger partial charge in [-0.05, 0) is 36.8 Å². The molecule has 1 fully saturated rings. The van der Waals surface area contributed by atoms with Crippen molar-refractivity contribution in [3.8, 4) is 0 Å². The van der Waals surface area contributed by atoms with Gasteiger partial charge in [0.25, 0.3) is 0 Å². The van der Waals surface area contributed by atoms with Gasteiger partial charge in [-0.2, -0.15) is 0 Å². The van der Waals surface area contributed by atoms with Gasteiger partial charge in [0.05, 0.1) is 6.04 Å². The number of amides is 1. The Hall–Kier alpha value is -1.39. The smallest absolute Gasteiger partial charge is 0.241 e. The molecule has 0 aliphatic carbocycles. The molecule has 4 nitrogen and oxygen atoms in total. The largest absolute Gasteiger partial charge is 0.326 e. The second-order valence-electron chi connectivity index (χ2n) is 6.43. The molecule has 1 saturated heterocycles. The summed E-state index contributed by atoms with van der Waals surface area (Å²) in [7, 11) is 0. The summed E-state index contributed by atoms with van der Waals surface area (Å²) in [5.74, 6) is 1.36. The Morgan fingerprint density at radius 3 is 2.57 bits per heavy atom. The first-order valence-electron chi connectivity index (χ1n) is 7.84. The van der Waals surface area contributed by atoms with Crippen LogP contribution < -0.4 is 11.1 Å². The molecule has 1 aromatic rings. The van der Waals surface area contributed by atoms with Crippen molar-refractivity contribution >= 4 is 11.6 Å². The summed E-state index contributed by atoms with van der Waals surface area (Å²) >= 11 is 0. The molecule has 0 bridgehead atoms. The second kappa shape index (κ2) is 7.05. The van der Waals surface area contributed by atoms with Crippen molar-refractivity contribution in [1.82, 2.24) is 4.90 Å². The van der Waals surface area contributed by atoms with Crippen LogP contribution in [0.2, 0.25) is 0 Å². The van der Waals surface area contributed by atoms with Crippen molar-refractivity contribution in [2.45, 2.75) is 39.8 Å². The number of para-hydroxylation sites is 1. The summed E-state index contributed by atoms with van der Waals surface area (Å²) in [6, 6.07) is 7.61. The molecular weight excluding hydrogens is 262 g/mol. The van der Waals surface area contributed by atoms with Gasteiger partial charge in [-0.3, -0.25) is 9.69 Å². The van der Waals surface area contributed by atoms with Crippen LogP contribution in [-0.4, -0.2) is 29.9 Å². The molecule has 0 radical (unpaired) electrons. The maximum Gasteiger partial charge on any atom is 0.241 e. The Labute approximate surface area is 127 Å². The summed E-state index contributed by atoms with van der Waals surface area (Å²) in [5.41, 5.74) is 7.52. The van der Waals surface area contributed by atoms with Gasteiger partial charge >= 0.3 is 0 Å². The molecule has 0 saturated carbocycles. The average molecular weight is 289 g/mol. The third-order valence-corrected chi connectivity index (χ3v) is 4.32. The van der Waals surface area contributed by atoms with Crippen LogP contribution in [0.15, 0.2) is 24.3 Å². The van der Waals surface area contributed by atoms with E-state index >= 15 is 0 Å². The zero-order chi connectivity index (χ0) is 15.4. The Bertz CT molecular complexity index is 479. The molecule has 1 amide bonds. The highest BCUT2D eigenvalue weighted by molar-refractivity contribution is 5.95. The van der Waals surface area contributed by atoms with E-state index in [0.717, 1.165) is 24.3 Å². The first kappa shape index (κ1) is 16.0. The molecule has 21 heavy (non-hydrogen) atoms. The Balaban J connectivity index is 2.02. The number of nitrogens with zero attached hydrogens (tertiary/aromatic N) is 1. The summed E-state index contributed by atoms with van der Waals surface area (Å²) in [6.45, 7) is 8.94. The monoisotopic (exact) mass is 289 g/mol. The zero-order valence-electron chi connectivity index (χ0n) is 13.3. The minimum absolute atomic E-state index is 0.0530. The highest BCUT2D eigenvalue weighted by Crippen LogP contribution is 2.23. The van der Waals surface area contributed by atoms with Crippen LogP contribution in [0.3, 0.4) is 0 Å². The van der Waals surface area contributed by atoms with Crippen molar-refractivity contribution in [2.75, 3.05) is 18.4 Å². The maximum absolute atomic E-state index is 12.5. The van der Waals surface area contributed by atoms with Crippen LogP contribution in [0.4, 0.5) is 5.69 Å². The number of benzene rings is 1. The van der Waals surface area contributed by atoms with Crippen LogP contribution in [0.1, 0.15) is 32.8 Å². The molecule has 1 aromatic carbocycles. The fourth-order valence-electron chi connectivity index (χ4n) is 3.25. The topological polar surface area (TPSA) is 58.4 Å². The van der Waals surface area contributed by atoms with Crippen LogP contribution >= 0.6 is 0 Å². The normalized spacial score (nSPS) is 24.6. The van der Waals surface area contributed by atoms with E-state index in [9.17, 15) is 4.79 Å². The lowest BCUT2D eigenvalue weighted by atomic mass is 9.91. The number of carbonyl (C=O) groups excluding carboxylic acids is 1. The lowest BCUT2D eigenvalue weighted by Crippen LogP contribution is -2.48. The summed E-state index contributed by atoms with van der Waals surface area (Å²) in [6.07, 6.45) is 1.25. The number of nitrogens with one attached hydrogen (secondary N) is 1. The molecular formula is C17H27N3O. The average Bonchev–Trinajstić information content (AvgIpc) is 2.46. The van der Waals surface area contributed by atoms with Crippen LogP contribution in [0, 0.1) is 11.8 Å². The standard InChI is InChI=1S/C17H27N3O/c1-12-8-13(2)11-20(10-12)14(3)17(21)19-16-7-5-4-6-15(16)9-18/h4-7,12-14H,8-11,18H2,1-3H3,(H,19,21). The van der Waals surface area contributed by atoms with E-state index < -0.39 is 0 Å². The first-order chi connectivity index (χ1) is 10.0. The number of hydrogen-bond donors (Lipinski definition) is 2. The van der Waals surface area contributed by atoms with Crippen LogP contribution in [-0.2, 0) is 11.3 Å². The highest BCUT2D eigenvalue weighted by Gasteiger charge is 2.28. The maximum atomic E-state index is 12.5. The van der Waals surface area contributed by atoms with Gasteiger partial charge in [-0.25, -0.2) is 0 Å². The van der Waals surface area contributed by atoms with Crippen LogP contribution in [0.5, 0.6) is 0 Å². The third kappa shape index (κ3) is 4.05. The third-order valence-electron chi connectivity index (χ3n) is 4.32. The van der Waals surface area contributed by atoms with Crippen molar-refractivity contribution < 1.29 is 4.79 Å². The van der Waals surface area contributed by atoms with Crippen molar-refractivity contribution in [1.29, 1.82) is 0 Å². The predicted octanol–water partition coefficient (Wildman–Crippen LogP) is 2.45.